The molecule has 1 heterocycles. The summed E-state index contributed by atoms with van der Waals surface area (Å²) in [4.78, 5) is 0. The smallest absolute Gasteiger partial charge is 0.171 e. The summed E-state index contributed by atoms with van der Waals surface area (Å²) in [6.45, 7) is 2.64. The second-order valence-corrected chi connectivity index (χ2v) is 5.27. The molecule has 0 fully saturated rings. The predicted octanol–water partition coefficient (Wildman–Crippen LogP) is 2.62. The fourth-order valence-electron chi connectivity index (χ4n) is 1.63. The van der Waals surface area contributed by atoms with Crippen LogP contribution in [-0.4, -0.2) is 29.2 Å². The van der Waals surface area contributed by atoms with Gasteiger partial charge in [-0.1, -0.05) is 0 Å². The molecular weight excluding hydrogens is 266 g/mol. The van der Waals surface area contributed by atoms with E-state index in [4.69, 9.17) is 17.0 Å². The molecule has 0 aliphatic carbocycles. The number of rotatable bonds is 4. The molecule has 4 nitrogen and oxygen atoms in total. The first-order valence-electron chi connectivity index (χ1n) is 5.60. The van der Waals surface area contributed by atoms with Crippen molar-refractivity contribution in [2.45, 2.75) is 13.0 Å². The number of fused-ring (bicyclic) bond motifs is 1. The molecule has 18 heavy (non-hydrogen) atoms. The molecule has 0 bridgehead atoms. The van der Waals surface area contributed by atoms with Crippen LogP contribution in [0.5, 0.6) is 0 Å². The summed E-state index contributed by atoms with van der Waals surface area (Å²) < 4.78 is 10.4. The summed E-state index contributed by atoms with van der Waals surface area (Å²) >= 11 is 6.73. The van der Waals surface area contributed by atoms with Crippen LogP contribution in [0.25, 0.3) is 10.1 Å². The molecule has 2 aromatic rings. The van der Waals surface area contributed by atoms with Crippen molar-refractivity contribution in [1.29, 1.82) is 0 Å². The molecule has 0 spiro atoms. The van der Waals surface area contributed by atoms with Crippen molar-refractivity contribution in [2.24, 2.45) is 0 Å². The molecule has 2 N–H and O–H groups in total. The van der Waals surface area contributed by atoms with Crippen molar-refractivity contribution >= 4 is 44.6 Å². The van der Waals surface area contributed by atoms with E-state index in [0.717, 1.165) is 11.1 Å². The van der Waals surface area contributed by atoms with Crippen molar-refractivity contribution < 1.29 is 4.74 Å². The van der Waals surface area contributed by atoms with Gasteiger partial charge in [-0.3, -0.25) is 0 Å². The highest BCUT2D eigenvalue weighted by Crippen LogP contribution is 2.21. The van der Waals surface area contributed by atoms with Crippen LogP contribution in [-0.2, 0) is 4.74 Å². The lowest BCUT2D eigenvalue weighted by molar-refractivity contribution is 0.179. The van der Waals surface area contributed by atoms with E-state index in [1.165, 1.54) is 16.2 Å². The lowest BCUT2D eigenvalue weighted by Crippen LogP contribution is -2.38. The van der Waals surface area contributed by atoms with Crippen molar-refractivity contribution in [3.8, 4) is 0 Å². The molecular formula is C12H15N3OS2. The number of ether oxygens (including phenoxy) is 1. The topological polar surface area (TPSA) is 46.2 Å². The van der Waals surface area contributed by atoms with E-state index < -0.39 is 0 Å². The first-order chi connectivity index (χ1) is 8.69. The molecule has 96 valence electrons. The average molecular weight is 281 g/mol. The quantitative estimate of drug-likeness (QED) is 0.844. The van der Waals surface area contributed by atoms with Crippen LogP contribution in [0.15, 0.2) is 24.4 Å². The SMILES string of the molecule is COC[C@@H](C)NC(=S)Nc1ccc2sncc2c1. The summed E-state index contributed by atoms with van der Waals surface area (Å²) in [5.74, 6) is 0. The molecule has 1 aromatic heterocycles. The Hall–Kier alpha value is -1.24. The summed E-state index contributed by atoms with van der Waals surface area (Å²) in [7, 11) is 1.67. The maximum absolute atomic E-state index is 5.24. The van der Waals surface area contributed by atoms with Crippen LogP contribution in [0.4, 0.5) is 5.69 Å². The second kappa shape index (κ2) is 6.08. The largest absolute Gasteiger partial charge is 0.383 e. The molecule has 0 amide bonds. The van der Waals surface area contributed by atoms with Gasteiger partial charge in [0.1, 0.15) is 0 Å². The number of methoxy groups -OCH3 is 1. The monoisotopic (exact) mass is 281 g/mol. The van der Waals surface area contributed by atoms with E-state index in [2.05, 4.69) is 15.0 Å². The first kappa shape index (κ1) is 13.2. The predicted molar refractivity (Wildman–Crippen MR) is 80.3 cm³/mol. The molecule has 0 radical (unpaired) electrons. The van der Waals surface area contributed by atoms with Crippen LogP contribution in [0.3, 0.4) is 0 Å². The highest BCUT2D eigenvalue weighted by molar-refractivity contribution is 7.80. The van der Waals surface area contributed by atoms with Crippen molar-refractivity contribution in [3.05, 3.63) is 24.4 Å². The Kier molecular flexibility index (Phi) is 4.46. The van der Waals surface area contributed by atoms with Crippen LogP contribution in [0.2, 0.25) is 0 Å². The molecule has 0 saturated heterocycles. The van der Waals surface area contributed by atoms with Crippen LogP contribution in [0.1, 0.15) is 6.92 Å². The standard InChI is InChI=1S/C12H15N3OS2/c1-8(7-16-2)14-12(17)15-10-3-4-11-9(5-10)6-13-18-11/h3-6,8H,7H2,1-2H3,(H2,14,15,17)/t8-/m1/s1. The van der Waals surface area contributed by atoms with Gasteiger partial charge in [-0.2, -0.15) is 4.37 Å². The third kappa shape index (κ3) is 3.38. The Morgan fingerprint density at radius 3 is 3.17 bits per heavy atom. The number of benzene rings is 1. The third-order valence-electron chi connectivity index (χ3n) is 2.40. The summed E-state index contributed by atoms with van der Waals surface area (Å²) in [6.07, 6.45) is 1.86. The van der Waals surface area contributed by atoms with Gasteiger partial charge < -0.3 is 15.4 Å². The number of nitrogens with zero attached hydrogens (tertiary/aromatic N) is 1. The molecule has 1 aromatic carbocycles. The van der Waals surface area contributed by atoms with Gasteiger partial charge in [0.2, 0.25) is 0 Å². The Bertz CT molecular complexity index is 541. The van der Waals surface area contributed by atoms with Gasteiger partial charge in [-0.05, 0) is 48.9 Å². The number of nitrogens with one attached hydrogen (secondary N) is 2. The van der Waals surface area contributed by atoms with E-state index in [0.29, 0.717) is 11.7 Å². The van der Waals surface area contributed by atoms with Gasteiger partial charge in [-0.15, -0.1) is 0 Å². The van der Waals surface area contributed by atoms with Gasteiger partial charge >= 0.3 is 0 Å². The fraction of sp³-hybridized carbons (Fsp3) is 0.333. The lowest BCUT2D eigenvalue weighted by atomic mass is 10.2. The second-order valence-electron chi connectivity index (χ2n) is 4.03. The first-order valence-corrected chi connectivity index (χ1v) is 6.78. The number of thiocarbonyl (C=S) groups is 1. The van der Waals surface area contributed by atoms with Crippen LogP contribution < -0.4 is 10.6 Å². The van der Waals surface area contributed by atoms with Gasteiger partial charge in [0.25, 0.3) is 0 Å². The van der Waals surface area contributed by atoms with E-state index in [1.807, 2.05) is 31.3 Å². The number of anilines is 1. The van der Waals surface area contributed by atoms with Crippen molar-refractivity contribution in [3.63, 3.8) is 0 Å². The van der Waals surface area contributed by atoms with Crippen LogP contribution >= 0.6 is 23.8 Å². The lowest BCUT2D eigenvalue weighted by Gasteiger charge is -2.16. The van der Waals surface area contributed by atoms with Gasteiger partial charge in [-0.25, -0.2) is 0 Å². The van der Waals surface area contributed by atoms with Gasteiger partial charge in [0.05, 0.1) is 11.3 Å². The van der Waals surface area contributed by atoms with Gasteiger partial charge in [0.15, 0.2) is 5.11 Å². The maximum Gasteiger partial charge on any atom is 0.171 e. The molecule has 0 aliphatic heterocycles. The van der Waals surface area contributed by atoms with E-state index in [1.54, 1.807) is 7.11 Å². The Balaban J connectivity index is 1.97. The van der Waals surface area contributed by atoms with Crippen molar-refractivity contribution in [1.82, 2.24) is 9.69 Å². The van der Waals surface area contributed by atoms with Crippen molar-refractivity contribution in [2.75, 3.05) is 19.0 Å². The minimum atomic E-state index is 0.182. The molecule has 2 rings (SSSR count). The highest BCUT2D eigenvalue weighted by atomic mass is 32.1. The number of hydrogen-bond acceptors (Lipinski definition) is 4. The Morgan fingerprint density at radius 2 is 2.39 bits per heavy atom. The van der Waals surface area contributed by atoms with E-state index in [9.17, 15) is 0 Å². The fourth-order valence-corrected chi connectivity index (χ4v) is 2.58. The van der Waals surface area contributed by atoms with E-state index >= 15 is 0 Å². The Labute approximate surface area is 116 Å². The molecule has 6 heteroatoms. The normalized spacial score (nSPS) is 12.3. The summed E-state index contributed by atoms with van der Waals surface area (Å²) in [5, 5.41) is 8.03. The minimum absolute atomic E-state index is 0.182. The zero-order valence-electron chi connectivity index (χ0n) is 10.3. The molecule has 0 aliphatic rings. The minimum Gasteiger partial charge on any atom is -0.383 e. The maximum atomic E-state index is 5.24. The molecule has 0 unspecified atom stereocenters. The number of hydrogen-bond donors (Lipinski definition) is 2. The highest BCUT2D eigenvalue weighted by Gasteiger charge is 2.04. The molecule has 0 saturated carbocycles. The number of aromatic nitrogens is 1. The molecule has 1 atom stereocenters. The Morgan fingerprint density at radius 1 is 1.56 bits per heavy atom. The zero-order chi connectivity index (χ0) is 13.0. The summed E-state index contributed by atoms with van der Waals surface area (Å²) in [6, 6.07) is 6.25. The van der Waals surface area contributed by atoms with Gasteiger partial charge in [0, 0.05) is 30.4 Å². The summed E-state index contributed by atoms with van der Waals surface area (Å²) in [5.41, 5.74) is 0.963. The third-order valence-corrected chi connectivity index (χ3v) is 3.40. The van der Waals surface area contributed by atoms with Crippen LogP contribution in [0, 0.1) is 0 Å². The zero-order valence-corrected chi connectivity index (χ0v) is 11.9. The van der Waals surface area contributed by atoms with E-state index in [-0.39, 0.29) is 6.04 Å². The average Bonchev–Trinajstić information content (AvgIpc) is 2.76.